The second-order valence-corrected chi connectivity index (χ2v) is 3.32. The van der Waals surface area contributed by atoms with Crippen LogP contribution in [0.25, 0.3) is 11.1 Å². The highest BCUT2D eigenvalue weighted by atomic mass is 19.1. The maximum atomic E-state index is 13.0. The number of halogens is 2. The minimum absolute atomic E-state index is 0.0528. The number of phenolic OH excluding ortho intramolecular Hbond substituents is 2. The van der Waals surface area contributed by atoms with Crippen LogP contribution in [-0.4, -0.2) is 10.2 Å². The van der Waals surface area contributed by atoms with Crippen LogP contribution >= 0.6 is 0 Å². The van der Waals surface area contributed by atoms with Crippen molar-refractivity contribution in [1.82, 2.24) is 0 Å². The van der Waals surface area contributed by atoms with Gasteiger partial charge in [-0.15, -0.1) is 0 Å². The number of aromatic hydroxyl groups is 2. The lowest BCUT2D eigenvalue weighted by Crippen LogP contribution is -1.84. The highest BCUT2D eigenvalue weighted by Crippen LogP contribution is 2.35. The summed E-state index contributed by atoms with van der Waals surface area (Å²) in [6.07, 6.45) is 0. The van der Waals surface area contributed by atoms with Gasteiger partial charge in [0.25, 0.3) is 0 Å². The Morgan fingerprint density at radius 1 is 0.688 bits per heavy atom. The molecule has 0 amide bonds. The molecular weight excluding hydrogens is 214 g/mol. The van der Waals surface area contributed by atoms with E-state index >= 15 is 0 Å². The van der Waals surface area contributed by atoms with Crippen LogP contribution in [0.15, 0.2) is 36.4 Å². The standard InChI is InChI=1S/C12H8F2O2/c13-7-1-3-11(15)9(5-7)10-6-8(14)2-4-12(10)16/h1-6,15-16H. The van der Waals surface area contributed by atoms with Gasteiger partial charge < -0.3 is 10.2 Å². The third-order valence-corrected chi connectivity index (χ3v) is 2.21. The number of hydrogen-bond acceptors (Lipinski definition) is 2. The van der Waals surface area contributed by atoms with Gasteiger partial charge in [0.05, 0.1) is 0 Å². The van der Waals surface area contributed by atoms with Gasteiger partial charge in [0, 0.05) is 11.1 Å². The van der Waals surface area contributed by atoms with Crippen molar-refractivity contribution in [2.45, 2.75) is 0 Å². The molecule has 0 saturated heterocycles. The van der Waals surface area contributed by atoms with Gasteiger partial charge in [0.15, 0.2) is 0 Å². The minimum atomic E-state index is -0.573. The van der Waals surface area contributed by atoms with Crippen LogP contribution in [0.4, 0.5) is 8.78 Å². The number of benzene rings is 2. The van der Waals surface area contributed by atoms with E-state index in [4.69, 9.17) is 0 Å². The molecule has 2 N–H and O–H groups in total. The summed E-state index contributed by atoms with van der Waals surface area (Å²) in [5.74, 6) is -1.59. The lowest BCUT2D eigenvalue weighted by molar-refractivity contribution is 0.466. The molecule has 0 spiro atoms. The molecular formula is C12H8F2O2. The van der Waals surface area contributed by atoms with E-state index in [2.05, 4.69) is 0 Å². The molecule has 4 heteroatoms. The number of phenols is 2. The van der Waals surface area contributed by atoms with Crippen LogP contribution in [0.2, 0.25) is 0 Å². The maximum Gasteiger partial charge on any atom is 0.124 e. The van der Waals surface area contributed by atoms with Gasteiger partial charge in [-0.05, 0) is 36.4 Å². The summed E-state index contributed by atoms with van der Waals surface area (Å²) in [6, 6.07) is 6.52. The Bertz CT molecular complexity index is 489. The van der Waals surface area contributed by atoms with Crippen LogP contribution in [0, 0.1) is 11.6 Å². The summed E-state index contributed by atoms with van der Waals surface area (Å²) in [4.78, 5) is 0. The van der Waals surface area contributed by atoms with E-state index in [-0.39, 0.29) is 22.6 Å². The molecule has 0 atom stereocenters. The zero-order valence-corrected chi connectivity index (χ0v) is 8.11. The smallest absolute Gasteiger partial charge is 0.124 e. The van der Waals surface area contributed by atoms with Crippen molar-refractivity contribution in [3.8, 4) is 22.6 Å². The highest BCUT2D eigenvalue weighted by Gasteiger charge is 2.11. The molecule has 2 aromatic rings. The van der Waals surface area contributed by atoms with Gasteiger partial charge in [-0.25, -0.2) is 8.78 Å². The van der Waals surface area contributed by atoms with Gasteiger partial charge in [-0.1, -0.05) is 0 Å². The fourth-order valence-corrected chi connectivity index (χ4v) is 1.45. The largest absolute Gasteiger partial charge is 0.507 e. The second kappa shape index (κ2) is 3.81. The Kier molecular flexibility index (Phi) is 2.48. The average molecular weight is 222 g/mol. The molecule has 0 aliphatic rings. The van der Waals surface area contributed by atoms with Gasteiger partial charge in [-0.2, -0.15) is 0 Å². The quantitative estimate of drug-likeness (QED) is 0.778. The molecule has 2 aromatic carbocycles. The van der Waals surface area contributed by atoms with Crippen molar-refractivity contribution in [3.63, 3.8) is 0 Å². The Balaban J connectivity index is 2.66. The van der Waals surface area contributed by atoms with Gasteiger partial charge in [-0.3, -0.25) is 0 Å². The summed E-state index contributed by atoms with van der Waals surface area (Å²) in [6.45, 7) is 0. The zero-order chi connectivity index (χ0) is 11.7. The lowest BCUT2D eigenvalue weighted by Gasteiger charge is -2.07. The molecule has 82 valence electrons. The van der Waals surface area contributed by atoms with Crippen LogP contribution in [0.1, 0.15) is 0 Å². The van der Waals surface area contributed by atoms with Gasteiger partial charge in [0.2, 0.25) is 0 Å². The average Bonchev–Trinajstić information content (AvgIpc) is 2.25. The first kappa shape index (κ1) is 10.4. The third kappa shape index (κ3) is 1.82. The topological polar surface area (TPSA) is 40.5 Å². The van der Waals surface area contributed by atoms with Crippen molar-refractivity contribution >= 4 is 0 Å². The number of hydrogen-bond donors (Lipinski definition) is 2. The van der Waals surface area contributed by atoms with E-state index in [1.54, 1.807) is 0 Å². The Morgan fingerprint density at radius 2 is 1.06 bits per heavy atom. The summed E-state index contributed by atoms with van der Waals surface area (Å²) < 4.78 is 26.0. The summed E-state index contributed by atoms with van der Waals surface area (Å²) in [5.41, 5.74) is 0.106. The van der Waals surface area contributed by atoms with E-state index in [1.807, 2.05) is 0 Å². The normalized spacial score (nSPS) is 10.4. The third-order valence-electron chi connectivity index (χ3n) is 2.21. The predicted octanol–water partition coefficient (Wildman–Crippen LogP) is 3.04. The van der Waals surface area contributed by atoms with Crippen LogP contribution in [-0.2, 0) is 0 Å². The van der Waals surface area contributed by atoms with E-state index in [1.165, 1.54) is 0 Å². The second-order valence-electron chi connectivity index (χ2n) is 3.32. The van der Waals surface area contributed by atoms with Crippen molar-refractivity contribution < 1.29 is 19.0 Å². The van der Waals surface area contributed by atoms with E-state index < -0.39 is 11.6 Å². The molecule has 0 unspecified atom stereocenters. The first-order valence-electron chi connectivity index (χ1n) is 4.55. The molecule has 0 fully saturated rings. The minimum Gasteiger partial charge on any atom is -0.507 e. The fraction of sp³-hybridized carbons (Fsp3) is 0. The first-order valence-corrected chi connectivity index (χ1v) is 4.55. The number of rotatable bonds is 1. The highest BCUT2D eigenvalue weighted by molar-refractivity contribution is 5.75. The Morgan fingerprint density at radius 3 is 1.44 bits per heavy atom. The molecule has 0 bridgehead atoms. The first-order chi connectivity index (χ1) is 7.58. The predicted molar refractivity (Wildman–Crippen MR) is 55.1 cm³/mol. The molecule has 0 saturated carbocycles. The SMILES string of the molecule is Oc1ccc(F)cc1-c1cc(F)ccc1O. The van der Waals surface area contributed by atoms with Crippen molar-refractivity contribution in [2.24, 2.45) is 0 Å². The zero-order valence-electron chi connectivity index (χ0n) is 8.11. The molecule has 0 aromatic heterocycles. The molecule has 0 heterocycles. The molecule has 2 rings (SSSR count). The summed E-state index contributed by atoms with van der Waals surface area (Å²) in [7, 11) is 0. The van der Waals surface area contributed by atoms with Crippen LogP contribution in [0.5, 0.6) is 11.5 Å². The Hall–Kier alpha value is -2.10. The monoisotopic (exact) mass is 222 g/mol. The van der Waals surface area contributed by atoms with E-state index in [0.29, 0.717) is 0 Å². The van der Waals surface area contributed by atoms with Crippen LogP contribution in [0.3, 0.4) is 0 Å². The van der Waals surface area contributed by atoms with Crippen molar-refractivity contribution in [3.05, 3.63) is 48.0 Å². The van der Waals surface area contributed by atoms with E-state index in [9.17, 15) is 19.0 Å². The molecule has 0 radical (unpaired) electrons. The molecule has 0 aliphatic carbocycles. The Labute approximate surface area is 90.4 Å². The lowest BCUT2D eigenvalue weighted by atomic mass is 10.0. The van der Waals surface area contributed by atoms with Gasteiger partial charge >= 0.3 is 0 Å². The maximum absolute atomic E-state index is 13.0. The van der Waals surface area contributed by atoms with Gasteiger partial charge in [0.1, 0.15) is 23.1 Å². The fourth-order valence-electron chi connectivity index (χ4n) is 1.45. The summed E-state index contributed by atoms with van der Waals surface area (Å²) >= 11 is 0. The van der Waals surface area contributed by atoms with E-state index in [0.717, 1.165) is 36.4 Å². The van der Waals surface area contributed by atoms with Crippen molar-refractivity contribution in [2.75, 3.05) is 0 Å². The molecule has 0 aliphatic heterocycles. The molecule has 16 heavy (non-hydrogen) atoms. The van der Waals surface area contributed by atoms with Crippen molar-refractivity contribution in [1.29, 1.82) is 0 Å². The van der Waals surface area contributed by atoms with Crippen LogP contribution < -0.4 is 0 Å². The molecule has 2 nitrogen and oxygen atoms in total. The summed E-state index contributed by atoms with van der Waals surface area (Å²) in [5, 5.41) is 19.0.